The van der Waals surface area contributed by atoms with Crippen LogP contribution < -0.4 is 10.6 Å². The Morgan fingerprint density at radius 2 is 2.05 bits per heavy atom. The number of benzene rings is 1. The van der Waals surface area contributed by atoms with Crippen LogP contribution in [0.4, 0.5) is 0 Å². The second kappa shape index (κ2) is 6.33. The molecule has 1 heterocycles. The van der Waals surface area contributed by atoms with E-state index in [2.05, 4.69) is 10.6 Å². The summed E-state index contributed by atoms with van der Waals surface area (Å²) >= 11 is 0. The monoisotopic (exact) mass is 262 g/mol. The Labute approximate surface area is 112 Å². The Balaban J connectivity index is 1.93. The van der Waals surface area contributed by atoms with E-state index in [0.717, 1.165) is 12.0 Å². The largest absolute Gasteiger partial charge is 0.481 e. The zero-order valence-corrected chi connectivity index (χ0v) is 10.6. The molecule has 1 aliphatic rings. The lowest BCUT2D eigenvalue weighted by Crippen LogP contribution is -2.53. The average Bonchev–Trinajstić information content (AvgIpc) is 2.46. The number of piperidine rings is 1. The first kappa shape index (κ1) is 13.5. The van der Waals surface area contributed by atoms with Gasteiger partial charge in [-0.3, -0.25) is 9.59 Å². The van der Waals surface area contributed by atoms with Crippen molar-refractivity contribution in [2.24, 2.45) is 5.92 Å². The first-order chi connectivity index (χ1) is 9.18. The van der Waals surface area contributed by atoms with Gasteiger partial charge in [0.25, 0.3) is 0 Å². The number of hydrogen-bond acceptors (Lipinski definition) is 3. The van der Waals surface area contributed by atoms with Gasteiger partial charge in [0.05, 0.1) is 5.92 Å². The van der Waals surface area contributed by atoms with Crippen LogP contribution in [0.3, 0.4) is 0 Å². The minimum atomic E-state index is -0.910. The first-order valence-corrected chi connectivity index (χ1v) is 6.46. The normalized spacial score (nSPS) is 22.7. The van der Waals surface area contributed by atoms with Crippen LogP contribution in [0, 0.1) is 5.92 Å². The number of carboxylic acid groups (broad SMARTS) is 1. The Bertz CT molecular complexity index is 447. The van der Waals surface area contributed by atoms with Crippen LogP contribution in [0.25, 0.3) is 0 Å². The van der Waals surface area contributed by atoms with E-state index in [-0.39, 0.29) is 5.91 Å². The van der Waals surface area contributed by atoms with Crippen molar-refractivity contribution in [3.05, 3.63) is 35.9 Å². The van der Waals surface area contributed by atoms with Crippen LogP contribution in [-0.4, -0.2) is 29.6 Å². The fourth-order valence-corrected chi connectivity index (χ4v) is 2.32. The molecule has 2 unspecified atom stereocenters. The predicted octanol–water partition coefficient (Wildman–Crippen LogP) is 0.756. The Kier molecular flexibility index (Phi) is 4.52. The van der Waals surface area contributed by atoms with Crippen LogP contribution in [-0.2, 0) is 16.1 Å². The zero-order valence-electron chi connectivity index (χ0n) is 10.6. The van der Waals surface area contributed by atoms with Crippen molar-refractivity contribution in [1.82, 2.24) is 10.6 Å². The molecule has 1 saturated heterocycles. The quantitative estimate of drug-likeness (QED) is 0.748. The maximum absolute atomic E-state index is 12.0. The van der Waals surface area contributed by atoms with Crippen molar-refractivity contribution in [2.75, 3.05) is 6.54 Å². The number of carboxylic acids is 1. The van der Waals surface area contributed by atoms with Gasteiger partial charge in [-0.2, -0.15) is 0 Å². The van der Waals surface area contributed by atoms with Gasteiger partial charge in [0, 0.05) is 6.54 Å². The van der Waals surface area contributed by atoms with Gasteiger partial charge in [-0.15, -0.1) is 0 Å². The first-order valence-electron chi connectivity index (χ1n) is 6.46. The molecule has 2 atom stereocenters. The number of hydrogen-bond donors (Lipinski definition) is 3. The summed E-state index contributed by atoms with van der Waals surface area (Å²) in [6.07, 6.45) is 1.34. The van der Waals surface area contributed by atoms with E-state index < -0.39 is 17.9 Å². The summed E-state index contributed by atoms with van der Waals surface area (Å²) in [5.41, 5.74) is 0.999. The minimum absolute atomic E-state index is 0.240. The smallest absolute Gasteiger partial charge is 0.308 e. The van der Waals surface area contributed by atoms with Crippen molar-refractivity contribution in [3.63, 3.8) is 0 Å². The summed E-state index contributed by atoms with van der Waals surface area (Å²) in [7, 11) is 0. The molecule has 0 aromatic heterocycles. The SMILES string of the molecule is O=C(O)C1CCCNC1C(=O)NCc1ccccc1. The molecule has 5 nitrogen and oxygen atoms in total. The molecule has 1 aromatic rings. The Morgan fingerprint density at radius 3 is 2.74 bits per heavy atom. The van der Waals surface area contributed by atoms with Crippen molar-refractivity contribution in [3.8, 4) is 0 Å². The number of rotatable bonds is 4. The van der Waals surface area contributed by atoms with Gasteiger partial charge in [-0.25, -0.2) is 0 Å². The lowest BCUT2D eigenvalue weighted by molar-refractivity contribution is -0.146. The number of amides is 1. The van der Waals surface area contributed by atoms with Crippen LogP contribution in [0.2, 0.25) is 0 Å². The maximum Gasteiger partial charge on any atom is 0.308 e. The third-order valence-electron chi connectivity index (χ3n) is 3.37. The van der Waals surface area contributed by atoms with Gasteiger partial charge in [-0.1, -0.05) is 30.3 Å². The maximum atomic E-state index is 12.0. The third kappa shape index (κ3) is 3.54. The molecular weight excluding hydrogens is 244 g/mol. The number of carbonyl (C=O) groups is 2. The fraction of sp³-hybridized carbons (Fsp3) is 0.429. The predicted molar refractivity (Wildman–Crippen MR) is 70.4 cm³/mol. The van der Waals surface area contributed by atoms with E-state index in [4.69, 9.17) is 5.11 Å². The lowest BCUT2D eigenvalue weighted by atomic mass is 9.90. The number of aliphatic carboxylic acids is 1. The molecule has 2 rings (SSSR count). The molecular formula is C14H18N2O3. The van der Waals surface area contributed by atoms with Crippen molar-refractivity contribution in [1.29, 1.82) is 0 Å². The minimum Gasteiger partial charge on any atom is -0.481 e. The van der Waals surface area contributed by atoms with E-state index in [1.165, 1.54) is 0 Å². The summed E-state index contributed by atoms with van der Waals surface area (Å²) in [5, 5.41) is 14.9. The van der Waals surface area contributed by atoms with Crippen molar-refractivity contribution < 1.29 is 14.7 Å². The summed E-state index contributed by atoms with van der Waals surface area (Å²) in [5.74, 6) is -1.78. The molecule has 0 aliphatic carbocycles. The van der Waals surface area contributed by atoms with Crippen molar-refractivity contribution >= 4 is 11.9 Å². The molecule has 1 aromatic carbocycles. The Hall–Kier alpha value is -1.88. The van der Waals surface area contributed by atoms with Crippen LogP contribution in [0.5, 0.6) is 0 Å². The van der Waals surface area contributed by atoms with E-state index in [1.54, 1.807) is 0 Å². The highest BCUT2D eigenvalue weighted by atomic mass is 16.4. The molecule has 19 heavy (non-hydrogen) atoms. The molecule has 102 valence electrons. The topological polar surface area (TPSA) is 78.4 Å². The molecule has 0 saturated carbocycles. The van der Waals surface area contributed by atoms with Crippen LogP contribution in [0.1, 0.15) is 18.4 Å². The van der Waals surface area contributed by atoms with Crippen LogP contribution >= 0.6 is 0 Å². The highest BCUT2D eigenvalue weighted by Gasteiger charge is 2.35. The van der Waals surface area contributed by atoms with Gasteiger partial charge in [0.1, 0.15) is 6.04 Å². The van der Waals surface area contributed by atoms with E-state index in [1.807, 2.05) is 30.3 Å². The lowest BCUT2D eigenvalue weighted by Gasteiger charge is -2.28. The molecule has 3 N–H and O–H groups in total. The molecule has 1 aliphatic heterocycles. The van der Waals surface area contributed by atoms with Crippen LogP contribution in [0.15, 0.2) is 30.3 Å². The molecule has 1 fully saturated rings. The second-order valence-corrected chi connectivity index (χ2v) is 4.72. The summed E-state index contributed by atoms with van der Waals surface area (Å²) in [6.45, 7) is 1.11. The fourth-order valence-electron chi connectivity index (χ4n) is 2.32. The highest BCUT2D eigenvalue weighted by Crippen LogP contribution is 2.17. The van der Waals surface area contributed by atoms with E-state index in [9.17, 15) is 9.59 Å². The van der Waals surface area contributed by atoms with Crippen molar-refractivity contribution in [2.45, 2.75) is 25.4 Å². The molecule has 5 heteroatoms. The van der Waals surface area contributed by atoms with Gasteiger partial charge in [0.2, 0.25) is 5.91 Å². The Morgan fingerprint density at radius 1 is 1.32 bits per heavy atom. The molecule has 0 spiro atoms. The standard InChI is InChI=1S/C14H18N2O3/c17-13(16-9-10-5-2-1-3-6-10)12-11(14(18)19)7-4-8-15-12/h1-3,5-6,11-12,15H,4,7-9H2,(H,16,17)(H,18,19). The molecule has 1 amide bonds. The molecule has 0 bridgehead atoms. The van der Waals surface area contributed by atoms with Gasteiger partial charge in [-0.05, 0) is 24.9 Å². The third-order valence-corrected chi connectivity index (χ3v) is 3.37. The zero-order chi connectivity index (χ0) is 13.7. The van der Waals surface area contributed by atoms with E-state index >= 15 is 0 Å². The number of carbonyl (C=O) groups excluding carboxylic acids is 1. The van der Waals surface area contributed by atoms with E-state index in [0.29, 0.717) is 19.5 Å². The van der Waals surface area contributed by atoms with Gasteiger partial charge in [0.15, 0.2) is 0 Å². The summed E-state index contributed by atoms with van der Waals surface area (Å²) in [4.78, 5) is 23.2. The second-order valence-electron chi connectivity index (χ2n) is 4.72. The average molecular weight is 262 g/mol. The summed E-state index contributed by atoms with van der Waals surface area (Å²) < 4.78 is 0. The molecule has 0 radical (unpaired) electrons. The van der Waals surface area contributed by atoms with Gasteiger partial charge < -0.3 is 15.7 Å². The highest BCUT2D eigenvalue weighted by molar-refractivity contribution is 5.87. The van der Waals surface area contributed by atoms with Gasteiger partial charge >= 0.3 is 5.97 Å². The summed E-state index contributed by atoms with van der Waals surface area (Å²) in [6, 6.07) is 8.93. The number of nitrogens with one attached hydrogen (secondary N) is 2.